The Kier molecular flexibility index (Phi) is 4.53. The molecule has 1 amide bonds. The third-order valence-corrected chi connectivity index (χ3v) is 3.26. The van der Waals surface area contributed by atoms with Gasteiger partial charge >= 0.3 is 0 Å². The summed E-state index contributed by atoms with van der Waals surface area (Å²) in [5.74, 6) is 5.98. The van der Waals surface area contributed by atoms with Gasteiger partial charge in [0.05, 0.1) is 0 Å². The van der Waals surface area contributed by atoms with E-state index >= 15 is 0 Å². The molecule has 0 aliphatic rings. The van der Waals surface area contributed by atoms with Crippen LogP contribution in [0.5, 0.6) is 0 Å². The van der Waals surface area contributed by atoms with Crippen molar-refractivity contribution in [1.29, 1.82) is 0 Å². The SMILES string of the molecule is CCCN(CC)C(=O)c1cc2ccccc2c(NN)n1. The number of benzene rings is 1. The van der Waals surface area contributed by atoms with Gasteiger partial charge in [-0.1, -0.05) is 31.2 Å². The fraction of sp³-hybridized carbons (Fsp3) is 0.333. The van der Waals surface area contributed by atoms with Gasteiger partial charge in [-0.2, -0.15) is 0 Å². The molecule has 0 atom stereocenters. The smallest absolute Gasteiger partial charge is 0.272 e. The van der Waals surface area contributed by atoms with E-state index < -0.39 is 0 Å². The van der Waals surface area contributed by atoms with E-state index in [4.69, 9.17) is 5.84 Å². The van der Waals surface area contributed by atoms with Gasteiger partial charge in [-0.25, -0.2) is 10.8 Å². The van der Waals surface area contributed by atoms with Gasteiger partial charge in [-0.15, -0.1) is 0 Å². The lowest BCUT2D eigenvalue weighted by atomic mass is 10.1. The monoisotopic (exact) mass is 272 g/mol. The molecular weight excluding hydrogens is 252 g/mol. The first-order valence-electron chi connectivity index (χ1n) is 6.86. The molecule has 1 aromatic heterocycles. The van der Waals surface area contributed by atoms with Crippen LogP contribution in [0.25, 0.3) is 10.8 Å². The van der Waals surface area contributed by atoms with E-state index in [1.807, 2.05) is 37.3 Å². The van der Waals surface area contributed by atoms with Gasteiger partial charge in [0, 0.05) is 18.5 Å². The number of hydrazine groups is 1. The van der Waals surface area contributed by atoms with Crippen LogP contribution < -0.4 is 11.3 Å². The molecule has 0 bridgehead atoms. The third-order valence-electron chi connectivity index (χ3n) is 3.26. The number of nitrogens with two attached hydrogens (primary N) is 1. The number of carbonyl (C=O) groups excluding carboxylic acids is 1. The lowest BCUT2D eigenvalue weighted by Gasteiger charge is -2.20. The summed E-state index contributed by atoms with van der Waals surface area (Å²) >= 11 is 0. The zero-order chi connectivity index (χ0) is 14.5. The fourth-order valence-corrected chi connectivity index (χ4v) is 2.25. The molecule has 0 radical (unpaired) electrons. The van der Waals surface area contributed by atoms with Crippen LogP contribution in [0.1, 0.15) is 30.8 Å². The van der Waals surface area contributed by atoms with Crippen LogP contribution in [0.2, 0.25) is 0 Å². The second-order valence-electron chi connectivity index (χ2n) is 4.61. The van der Waals surface area contributed by atoms with Crippen molar-refractivity contribution in [2.45, 2.75) is 20.3 Å². The molecule has 1 heterocycles. The Bertz CT molecular complexity index is 612. The summed E-state index contributed by atoms with van der Waals surface area (Å²) in [5, 5.41) is 1.86. The summed E-state index contributed by atoms with van der Waals surface area (Å²) in [5.41, 5.74) is 3.00. The van der Waals surface area contributed by atoms with Gasteiger partial charge in [0.25, 0.3) is 5.91 Å². The Morgan fingerprint density at radius 1 is 1.35 bits per heavy atom. The summed E-state index contributed by atoms with van der Waals surface area (Å²) in [7, 11) is 0. The van der Waals surface area contributed by atoms with E-state index in [0.29, 0.717) is 18.1 Å². The first-order chi connectivity index (χ1) is 9.71. The van der Waals surface area contributed by atoms with Crippen molar-refractivity contribution in [2.24, 2.45) is 5.84 Å². The van der Waals surface area contributed by atoms with Crippen LogP contribution in [0, 0.1) is 0 Å². The van der Waals surface area contributed by atoms with Crippen molar-refractivity contribution in [2.75, 3.05) is 18.5 Å². The number of amides is 1. The zero-order valence-corrected chi connectivity index (χ0v) is 11.9. The number of rotatable bonds is 5. The summed E-state index contributed by atoms with van der Waals surface area (Å²) in [6, 6.07) is 9.54. The van der Waals surface area contributed by atoms with E-state index in [-0.39, 0.29) is 5.91 Å². The lowest BCUT2D eigenvalue weighted by Crippen LogP contribution is -2.32. The summed E-state index contributed by atoms with van der Waals surface area (Å²) in [6.45, 7) is 5.43. The van der Waals surface area contributed by atoms with E-state index in [0.717, 1.165) is 23.7 Å². The minimum Gasteiger partial charge on any atom is -0.338 e. The molecular formula is C15H20N4O. The Labute approximate surface area is 118 Å². The Balaban J connectivity index is 2.46. The molecule has 0 spiro atoms. The summed E-state index contributed by atoms with van der Waals surface area (Å²) in [6.07, 6.45) is 0.926. The number of hydrogen-bond donors (Lipinski definition) is 2. The van der Waals surface area contributed by atoms with Gasteiger partial charge < -0.3 is 10.3 Å². The van der Waals surface area contributed by atoms with Crippen molar-refractivity contribution < 1.29 is 4.79 Å². The molecule has 0 saturated heterocycles. The van der Waals surface area contributed by atoms with E-state index in [1.165, 1.54) is 0 Å². The average Bonchev–Trinajstić information content (AvgIpc) is 2.50. The van der Waals surface area contributed by atoms with Gasteiger partial charge in [0.15, 0.2) is 0 Å². The summed E-state index contributed by atoms with van der Waals surface area (Å²) in [4.78, 5) is 18.6. The number of hydrogen-bond acceptors (Lipinski definition) is 4. The molecule has 0 aliphatic heterocycles. The minimum absolute atomic E-state index is 0.0587. The van der Waals surface area contributed by atoms with Crippen LogP contribution in [0.4, 0.5) is 5.82 Å². The quantitative estimate of drug-likeness (QED) is 0.647. The number of nitrogens with one attached hydrogen (secondary N) is 1. The van der Waals surface area contributed by atoms with E-state index in [1.54, 1.807) is 4.90 Å². The Morgan fingerprint density at radius 3 is 2.75 bits per heavy atom. The van der Waals surface area contributed by atoms with Gasteiger partial charge in [0.2, 0.25) is 0 Å². The normalized spacial score (nSPS) is 10.6. The predicted octanol–water partition coefficient (Wildman–Crippen LogP) is 2.39. The molecule has 3 N–H and O–H groups in total. The highest BCUT2D eigenvalue weighted by molar-refractivity contribution is 6.00. The first kappa shape index (κ1) is 14.3. The molecule has 106 valence electrons. The molecule has 0 aliphatic carbocycles. The molecule has 0 unspecified atom stereocenters. The number of anilines is 1. The number of nitrogens with zero attached hydrogens (tertiary/aromatic N) is 2. The molecule has 5 nitrogen and oxygen atoms in total. The van der Waals surface area contributed by atoms with Crippen LogP contribution >= 0.6 is 0 Å². The average molecular weight is 272 g/mol. The number of pyridine rings is 1. The van der Waals surface area contributed by atoms with Crippen molar-refractivity contribution in [3.05, 3.63) is 36.0 Å². The molecule has 0 saturated carbocycles. The maximum Gasteiger partial charge on any atom is 0.272 e. The van der Waals surface area contributed by atoms with Crippen molar-refractivity contribution in [1.82, 2.24) is 9.88 Å². The molecule has 2 rings (SSSR count). The highest BCUT2D eigenvalue weighted by Gasteiger charge is 2.16. The number of nitrogen functional groups attached to an aromatic ring is 1. The van der Waals surface area contributed by atoms with Gasteiger partial charge in [0.1, 0.15) is 11.5 Å². The van der Waals surface area contributed by atoms with E-state index in [9.17, 15) is 4.79 Å². The Morgan fingerprint density at radius 2 is 2.10 bits per heavy atom. The topological polar surface area (TPSA) is 71.2 Å². The second-order valence-corrected chi connectivity index (χ2v) is 4.61. The van der Waals surface area contributed by atoms with Crippen LogP contribution in [-0.2, 0) is 0 Å². The van der Waals surface area contributed by atoms with Gasteiger partial charge in [-0.3, -0.25) is 4.79 Å². The summed E-state index contributed by atoms with van der Waals surface area (Å²) < 4.78 is 0. The highest BCUT2D eigenvalue weighted by atomic mass is 16.2. The highest BCUT2D eigenvalue weighted by Crippen LogP contribution is 2.22. The van der Waals surface area contributed by atoms with Crippen LogP contribution in [-0.4, -0.2) is 28.9 Å². The van der Waals surface area contributed by atoms with E-state index in [2.05, 4.69) is 17.3 Å². The predicted molar refractivity (Wildman–Crippen MR) is 81.4 cm³/mol. The molecule has 0 fully saturated rings. The van der Waals surface area contributed by atoms with Gasteiger partial charge in [-0.05, 0) is 24.8 Å². The molecule has 20 heavy (non-hydrogen) atoms. The second kappa shape index (κ2) is 6.34. The maximum atomic E-state index is 12.5. The Hall–Kier alpha value is -2.14. The van der Waals surface area contributed by atoms with Crippen molar-refractivity contribution in [3.63, 3.8) is 0 Å². The number of fused-ring (bicyclic) bond motifs is 1. The maximum absolute atomic E-state index is 12.5. The third kappa shape index (κ3) is 2.72. The first-order valence-corrected chi connectivity index (χ1v) is 6.86. The minimum atomic E-state index is -0.0587. The molecule has 1 aromatic carbocycles. The number of aromatic nitrogens is 1. The van der Waals surface area contributed by atoms with Crippen LogP contribution in [0.15, 0.2) is 30.3 Å². The largest absolute Gasteiger partial charge is 0.338 e. The number of carbonyl (C=O) groups is 1. The zero-order valence-electron chi connectivity index (χ0n) is 11.9. The van der Waals surface area contributed by atoms with Crippen molar-refractivity contribution >= 4 is 22.5 Å². The fourth-order valence-electron chi connectivity index (χ4n) is 2.25. The van der Waals surface area contributed by atoms with Crippen molar-refractivity contribution in [3.8, 4) is 0 Å². The molecule has 5 heteroatoms. The molecule has 2 aromatic rings. The van der Waals surface area contributed by atoms with Crippen LogP contribution in [0.3, 0.4) is 0 Å². The standard InChI is InChI=1S/C15H20N4O/c1-3-9-19(4-2)15(20)13-10-11-7-5-6-8-12(11)14(17-13)18-16/h5-8,10H,3-4,9,16H2,1-2H3,(H,17,18). The lowest BCUT2D eigenvalue weighted by molar-refractivity contribution is 0.0759.